The van der Waals surface area contributed by atoms with Gasteiger partial charge >= 0.3 is 0 Å². The number of rotatable bonds is 6. The van der Waals surface area contributed by atoms with Crippen LogP contribution in [0, 0.1) is 0 Å². The van der Waals surface area contributed by atoms with Gasteiger partial charge in [-0.05, 0) is 24.3 Å². The van der Waals surface area contributed by atoms with Crippen molar-refractivity contribution in [1.29, 1.82) is 0 Å². The van der Waals surface area contributed by atoms with Crippen molar-refractivity contribution >= 4 is 50.6 Å². The molecule has 0 fully saturated rings. The van der Waals surface area contributed by atoms with E-state index in [0.29, 0.717) is 12.2 Å². The molecule has 3 rings (SSSR count). The van der Waals surface area contributed by atoms with Gasteiger partial charge in [0.2, 0.25) is 5.91 Å². The van der Waals surface area contributed by atoms with Gasteiger partial charge in [0.1, 0.15) is 0 Å². The summed E-state index contributed by atoms with van der Waals surface area (Å²) in [6.07, 6.45) is 0.465. The van der Waals surface area contributed by atoms with E-state index in [9.17, 15) is 4.79 Å². The van der Waals surface area contributed by atoms with E-state index < -0.39 is 0 Å². The number of para-hydroxylation sites is 1. The number of nitrogens with one attached hydrogen (secondary N) is 1. The number of carbonyl (C=O) groups is 1. The number of hydrogen-bond acceptors (Lipinski definition) is 4. The lowest BCUT2D eigenvalue weighted by molar-refractivity contribution is -0.115. The van der Waals surface area contributed by atoms with E-state index in [1.165, 1.54) is 0 Å². The lowest BCUT2D eigenvalue weighted by atomic mass is 10.2. The predicted molar refractivity (Wildman–Crippen MR) is 106 cm³/mol. The normalized spacial score (nSPS) is 10.5. The van der Waals surface area contributed by atoms with Gasteiger partial charge in [-0.25, -0.2) is 4.98 Å². The summed E-state index contributed by atoms with van der Waals surface area (Å²) in [5, 5.41) is 4.94. The Hall–Kier alpha value is -1.63. The maximum atomic E-state index is 11.9. The molecule has 6 heteroatoms. The van der Waals surface area contributed by atoms with Crippen LogP contribution in [-0.4, -0.2) is 16.6 Å². The SMILES string of the molecule is O=C(CCSc1nc(-c2ccc(Br)cc2)cs1)Nc1ccccc1. The summed E-state index contributed by atoms with van der Waals surface area (Å²) < 4.78 is 2.04. The predicted octanol–water partition coefficient (Wildman–Crippen LogP) is 5.69. The largest absolute Gasteiger partial charge is 0.326 e. The first-order chi connectivity index (χ1) is 11.7. The third-order valence-electron chi connectivity index (χ3n) is 3.24. The average Bonchev–Trinajstić information content (AvgIpc) is 3.05. The van der Waals surface area contributed by atoms with Gasteiger partial charge in [-0.2, -0.15) is 0 Å². The Morgan fingerprint density at radius 1 is 1.12 bits per heavy atom. The fraction of sp³-hybridized carbons (Fsp3) is 0.111. The molecule has 3 aromatic rings. The first-order valence-electron chi connectivity index (χ1n) is 7.40. The summed E-state index contributed by atoms with van der Waals surface area (Å²) in [5.41, 5.74) is 2.91. The van der Waals surface area contributed by atoms with Gasteiger partial charge in [0.25, 0.3) is 0 Å². The number of hydrogen-bond donors (Lipinski definition) is 1. The van der Waals surface area contributed by atoms with E-state index in [1.807, 2.05) is 54.6 Å². The molecule has 3 nitrogen and oxygen atoms in total. The summed E-state index contributed by atoms with van der Waals surface area (Å²) in [5.74, 6) is 0.741. The second-order valence-corrected chi connectivity index (χ2v) is 8.13. The van der Waals surface area contributed by atoms with Crippen LogP contribution in [0.3, 0.4) is 0 Å². The number of thioether (sulfide) groups is 1. The molecule has 0 bridgehead atoms. The van der Waals surface area contributed by atoms with Gasteiger partial charge in [0.05, 0.1) is 5.69 Å². The van der Waals surface area contributed by atoms with Gasteiger partial charge in [0, 0.05) is 33.3 Å². The lowest BCUT2D eigenvalue weighted by Crippen LogP contribution is -2.11. The van der Waals surface area contributed by atoms with E-state index in [-0.39, 0.29) is 5.91 Å². The van der Waals surface area contributed by atoms with Crippen molar-refractivity contribution in [2.45, 2.75) is 10.8 Å². The number of thiazole rings is 1. The van der Waals surface area contributed by atoms with Crippen LogP contribution in [0.25, 0.3) is 11.3 Å². The molecule has 24 heavy (non-hydrogen) atoms. The minimum absolute atomic E-state index is 0.0263. The Morgan fingerprint density at radius 2 is 1.88 bits per heavy atom. The van der Waals surface area contributed by atoms with Crippen molar-refractivity contribution in [3.8, 4) is 11.3 Å². The molecule has 2 aromatic carbocycles. The molecule has 0 spiro atoms. The molecule has 1 aromatic heterocycles. The molecule has 0 unspecified atom stereocenters. The molecule has 1 amide bonds. The van der Waals surface area contributed by atoms with Crippen LogP contribution in [0.15, 0.2) is 68.8 Å². The summed E-state index contributed by atoms with van der Waals surface area (Å²) in [7, 11) is 0. The first kappa shape index (κ1) is 17.2. The second-order valence-electron chi connectivity index (χ2n) is 5.02. The van der Waals surface area contributed by atoms with Crippen LogP contribution < -0.4 is 5.32 Å². The smallest absolute Gasteiger partial charge is 0.225 e. The van der Waals surface area contributed by atoms with Crippen LogP contribution in [0.5, 0.6) is 0 Å². The number of benzene rings is 2. The molecule has 0 atom stereocenters. The standard InChI is InChI=1S/C18H15BrN2OS2/c19-14-8-6-13(7-9-14)16-12-24-18(21-16)23-11-10-17(22)20-15-4-2-1-3-5-15/h1-9,12H,10-11H2,(H,20,22). The summed E-state index contributed by atoms with van der Waals surface area (Å²) in [6, 6.07) is 17.6. The molecule has 0 aliphatic carbocycles. The van der Waals surface area contributed by atoms with E-state index in [1.54, 1.807) is 23.1 Å². The second kappa shape index (κ2) is 8.46. The van der Waals surface area contributed by atoms with Crippen LogP contribution in [0.1, 0.15) is 6.42 Å². The molecule has 0 radical (unpaired) electrons. The summed E-state index contributed by atoms with van der Waals surface area (Å²) in [6.45, 7) is 0. The van der Waals surface area contributed by atoms with E-state index in [0.717, 1.165) is 25.8 Å². The molecule has 122 valence electrons. The molecule has 0 saturated heterocycles. The van der Waals surface area contributed by atoms with Crippen molar-refractivity contribution in [3.63, 3.8) is 0 Å². The number of nitrogens with zero attached hydrogens (tertiary/aromatic N) is 1. The minimum atomic E-state index is 0.0263. The number of carbonyl (C=O) groups excluding carboxylic acids is 1. The maximum Gasteiger partial charge on any atom is 0.225 e. The molecular weight excluding hydrogens is 404 g/mol. The van der Waals surface area contributed by atoms with Crippen molar-refractivity contribution in [2.24, 2.45) is 0 Å². The van der Waals surface area contributed by atoms with Crippen LogP contribution in [0.4, 0.5) is 5.69 Å². The van der Waals surface area contributed by atoms with Crippen LogP contribution in [0.2, 0.25) is 0 Å². The van der Waals surface area contributed by atoms with Crippen molar-refractivity contribution in [1.82, 2.24) is 4.98 Å². The number of halogens is 1. The van der Waals surface area contributed by atoms with Gasteiger partial charge in [-0.1, -0.05) is 58.0 Å². The monoisotopic (exact) mass is 418 g/mol. The average molecular weight is 419 g/mol. The van der Waals surface area contributed by atoms with Crippen LogP contribution >= 0.6 is 39.0 Å². The number of anilines is 1. The summed E-state index contributed by atoms with van der Waals surface area (Å²) >= 11 is 6.66. The van der Waals surface area contributed by atoms with E-state index in [4.69, 9.17) is 0 Å². The third-order valence-corrected chi connectivity index (χ3v) is 5.79. The zero-order chi connectivity index (χ0) is 16.8. The summed E-state index contributed by atoms with van der Waals surface area (Å²) in [4.78, 5) is 16.5. The van der Waals surface area contributed by atoms with Crippen LogP contribution in [-0.2, 0) is 4.79 Å². The first-order valence-corrected chi connectivity index (χ1v) is 10.1. The molecular formula is C18H15BrN2OS2. The molecule has 1 N–H and O–H groups in total. The van der Waals surface area contributed by atoms with Crippen molar-refractivity contribution in [3.05, 3.63) is 64.5 Å². The van der Waals surface area contributed by atoms with E-state index >= 15 is 0 Å². The number of aromatic nitrogens is 1. The van der Waals surface area contributed by atoms with Gasteiger partial charge in [-0.15, -0.1) is 11.3 Å². The molecule has 0 aliphatic rings. The van der Waals surface area contributed by atoms with Crippen molar-refractivity contribution < 1.29 is 4.79 Å². The zero-order valence-electron chi connectivity index (χ0n) is 12.7. The molecule has 0 aliphatic heterocycles. The fourth-order valence-electron chi connectivity index (χ4n) is 2.05. The highest BCUT2D eigenvalue weighted by atomic mass is 79.9. The Labute approximate surface area is 157 Å². The highest BCUT2D eigenvalue weighted by molar-refractivity contribution is 9.10. The fourth-order valence-corrected chi connectivity index (χ4v) is 4.16. The van der Waals surface area contributed by atoms with E-state index in [2.05, 4.69) is 31.6 Å². The van der Waals surface area contributed by atoms with Gasteiger partial charge in [0.15, 0.2) is 4.34 Å². The topological polar surface area (TPSA) is 42.0 Å². The minimum Gasteiger partial charge on any atom is -0.326 e. The number of amides is 1. The lowest BCUT2D eigenvalue weighted by Gasteiger charge is -2.03. The Morgan fingerprint density at radius 3 is 2.62 bits per heavy atom. The molecule has 0 saturated carbocycles. The highest BCUT2D eigenvalue weighted by Gasteiger charge is 2.07. The Kier molecular flexibility index (Phi) is 6.07. The zero-order valence-corrected chi connectivity index (χ0v) is 16.0. The van der Waals surface area contributed by atoms with Gasteiger partial charge < -0.3 is 5.32 Å². The third kappa shape index (κ3) is 4.93. The molecule has 1 heterocycles. The quantitative estimate of drug-likeness (QED) is 0.522. The Balaban J connectivity index is 1.49. The van der Waals surface area contributed by atoms with Crippen molar-refractivity contribution in [2.75, 3.05) is 11.1 Å². The van der Waals surface area contributed by atoms with Gasteiger partial charge in [-0.3, -0.25) is 4.79 Å². The maximum absolute atomic E-state index is 11.9. The highest BCUT2D eigenvalue weighted by Crippen LogP contribution is 2.29. The Bertz CT molecular complexity index is 803.